The van der Waals surface area contributed by atoms with Crippen LogP contribution in [0.5, 0.6) is 23.0 Å². The van der Waals surface area contributed by atoms with E-state index in [1.165, 1.54) is 0 Å². The number of amides is 1. The molecule has 4 aliphatic heterocycles. The highest BCUT2D eigenvalue weighted by molar-refractivity contribution is 5.73. The van der Waals surface area contributed by atoms with E-state index in [9.17, 15) is 4.79 Å². The van der Waals surface area contributed by atoms with Crippen LogP contribution in [0.15, 0.2) is 30.3 Å². The van der Waals surface area contributed by atoms with E-state index in [0.717, 1.165) is 34.6 Å². The zero-order valence-electron chi connectivity index (χ0n) is 13.8. The Kier molecular flexibility index (Phi) is 2.70. The number of fused-ring (bicyclic) bond motifs is 4. The third kappa shape index (κ3) is 1.85. The van der Waals surface area contributed by atoms with Crippen LogP contribution in [0.25, 0.3) is 0 Å². The van der Waals surface area contributed by atoms with Gasteiger partial charge in [-0.05, 0) is 47.4 Å². The number of benzene rings is 2. The van der Waals surface area contributed by atoms with Crippen LogP contribution in [0.4, 0.5) is 4.79 Å². The van der Waals surface area contributed by atoms with Gasteiger partial charge in [-0.3, -0.25) is 4.90 Å². The summed E-state index contributed by atoms with van der Waals surface area (Å²) >= 11 is 0. The molecular weight excluding hydrogens is 338 g/mol. The normalized spacial score (nSPS) is 24.3. The van der Waals surface area contributed by atoms with Gasteiger partial charge in [0, 0.05) is 0 Å². The maximum absolute atomic E-state index is 12.5. The molecule has 0 N–H and O–H groups in total. The fourth-order valence-corrected chi connectivity index (χ4v) is 4.20. The Labute approximate surface area is 149 Å². The Balaban J connectivity index is 1.54. The van der Waals surface area contributed by atoms with Gasteiger partial charge in [0.1, 0.15) is 6.61 Å². The van der Waals surface area contributed by atoms with Crippen molar-refractivity contribution in [1.29, 1.82) is 0 Å². The van der Waals surface area contributed by atoms with Crippen LogP contribution in [0, 0.1) is 0 Å². The van der Waals surface area contributed by atoms with Crippen molar-refractivity contribution in [3.05, 3.63) is 47.0 Å². The first kappa shape index (κ1) is 14.1. The monoisotopic (exact) mass is 353 g/mol. The van der Waals surface area contributed by atoms with Crippen LogP contribution in [-0.2, 0) is 11.2 Å². The lowest BCUT2D eigenvalue weighted by molar-refractivity contribution is 0.147. The number of hydrogen-bond donors (Lipinski definition) is 0. The fraction of sp³-hybridized carbons (Fsp3) is 0.316. The van der Waals surface area contributed by atoms with Crippen LogP contribution in [-0.4, -0.2) is 37.2 Å². The van der Waals surface area contributed by atoms with Gasteiger partial charge in [-0.25, -0.2) is 4.79 Å². The Morgan fingerprint density at radius 3 is 2.42 bits per heavy atom. The second-order valence-corrected chi connectivity index (χ2v) is 6.76. The lowest BCUT2D eigenvalue weighted by Crippen LogP contribution is -2.42. The standard InChI is InChI=1S/C19H15NO6/c21-19-20-12(7-22-19)3-11-5-16-17(26-9-25-16)6-13(11)18(20)10-1-2-14-15(4-10)24-8-23-14/h1-2,4-6,12,18H,3,7-9H2/t12-,18-/m1/s1. The summed E-state index contributed by atoms with van der Waals surface area (Å²) in [4.78, 5) is 14.3. The topological polar surface area (TPSA) is 66.5 Å². The van der Waals surface area contributed by atoms with Crippen molar-refractivity contribution in [2.45, 2.75) is 18.5 Å². The smallest absolute Gasteiger partial charge is 0.411 e. The zero-order valence-corrected chi connectivity index (χ0v) is 13.8. The van der Waals surface area contributed by atoms with Gasteiger partial charge < -0.3 is 23.7 Å². The first-order valence-corrected chi connectivity index (χ1v) is 8.55. The molecular formula is C19H15NO6. The highest BCUT2D eigenvalue weighted by Gasteiger charge is 2.45. The SMILES string of the molecule is O=C1OC[C@H]2Cc3cc4c(cc3[C@@H](c3ccc5c(c3)OCO5)N12)OCO4. The van der Waals surface area contributed by atoms with Crippen molar-refractivity contribution >= 4 is 6.09 Å². The molecule has 4 aliphatic rings. The predicted molar refractivity (Wildman–Crippen MR) is 87.7 cm³/mol. The number of cyclic esters (lactones) is 1. The minimum absolute atomic E-state index is 0.00537. The van der Waals surface area contributed by atoms with Crippen LogP contribution < -0.4 is 18.9 Å². The molecule has 6 rings (SSSR count). The number of rotatable bonds is 1. The summed E-state index contributed by atoms with van der Waals surface area (Å²) in [7, 11) is 0. The van der Waals surface area contributed by atoms with E-state index >= 15 is 0 Å². The maximum atomic E-state index is 12.5. The van der Waals surface area contributed by atoms with E-state index in [0.29, 0.717) is 18.1 Å². The Hall–Kier alpha value is -3.09. The number of carbonyl (C=O) groups excluding carboxylic acids is 1. The molecule has 7 heteroatoms. The summed E-state index contributed by atoms with van der Waals surface area (Å²) in [6.45, 7) is 0.836. The number of ether oxygens (including phenoxy) is 5. The number of hydrogen-bond acceptors (Lipinski definition) is 6. The van der Waals surface area contributed by atoms with E-state index in [1.807, 2.05) is 35.2 Å². The van der Waals surface area contributed by atoms with Crippen molar-refractivity contribution in [3.63, 3.8) is 0 Å². The quantitative estimate of drug-likeness (QED) is 0.785. The van der Waals surface area contributed by atoms with Gasteiger partial charge >= 0.3 is 6.09 Å². The molecule has 132 valence electrons. The first-order chi connectivity index (χ1) is 12.8. The van der Waals surface area contributed by atoms with Gasteiger partial charge in [0.05, 0.1) is 12.1 Å². The summed E-state index contributed by atoms with van der Waals surface area (Å²) in [5.41, 5.74) is 3.14. The summed E-state index contributed by atoms with van der Waals surface area (Å²) in [5, 5.41) is 0. The molecule has 0 unspecified atom stereocenters. The fourth-order valence-electron chi connectivity index (χ4n) is 4.20. The van der Waals surface area contributed by atoms with Crippen molar-refractivity contribution in [3.8, 4) is 23.0 Å². The van der Waals surface area contributed by atoms with Crippen molar-refractivity contribution in [2.75, 3.05) is 20.2 Å². The van der Waals surface area contributed by atoms with Crippen molar-refractivity contribution in [1.82, 2.24) is 4.90 Å². The van der Waals surface area contributed by atoms with Crippen LogP contribution in [0.2, 0.25) is 0 Å². The maximum Gasteiger partial charge on any atom is 0.411 e. The average molecular weight is 353 g/mol. The molecule has 2 aromatic rings. The first-order valence-electron chi connectivity index (χ1n) is 8.55. The largest absolute Gasteiger partial charge is 0.454 e. The van der Waals surface area contributed by atoms with Gasteiger partial charge in [0.25, 0.3) is 0 Å². The Bertz CT molecular complexity index is 942. The lowest BCUT2D eigenvalue weighted by atomic mass is 9.85. The molecule has 0 bridgehead atoms. The molecule has 1 amide bonds. The van der Waals surface area contributed by atoms with Crippen LogP contribution in [0.1, 0.15) is 22.7 Å². The minimum atomic E-state index is -0.291. The predicted octanol–water partition coefficient (Wildman–Crippen LogP) is 2.61. The zero-order chi connectivity index (χ0) is 17.3. The minimum Gasteiger partial charge on any atom is -0.454 e. The average Bonchev–Trinajstić information content (AvgIpc) is 3.37. The number of nitrogens with zero attached hydrogens (tertiary/aromatic N) is 1. The van der Waals surface area contributed by atoms with E-state index in [2.05, 4.69) is 0 Å². The summed E-state index contributed by atoms with van der Waals surface area (Å²) < 4.78 is 27.4. The van der Waals surface area contributed by atoms with E-state index in [1.54, 1.807) is 0 Å². The third-order valence-corrected chi connectivity index (χ3v) is 5.38. The van der Waals surface area contributed by atoms with E-state index < -0.39 is 0 Å². The lowest BCUT2D eigenvalue weighted by Gasteiger charge is -2.37. The summed E-state index contributed by atoms with van der Waals surface area (Å²) in [6, 6.07) is 9.55. The summed E-state index contributed by atoms with van der Waals surface area (Å²) in [6.07, 6.45) is 0.444. The molecule has 0 saturated carbocycles. The molecule has 0 aromatic heterocycles. The Morgan fingerprint density at radius 1 is 0.846 bits per heavy atom. The third-order valence-electron chi connectivity index (χ3n) is 5.38. The van der Waals surface area contributed by atoms with Crippen LogP contribution >= 0.6 is 0 Å². The Morgan fingerprint density at radius 2 is 1.58 bits per heavy atom. The second-order valence-electron chi connectivity index (χ2n) is 6.76. The molecule has 0 aliphatic carbocycles. The second kappa shape index (κ2) is 4.97. The molecule has 0 spiro atoms. The van der Waals surface area contributed by atoms with Crippen LogP contribution in [0.3, 0.4) is 0 Å². The molecule has 2 atom stereocenters. The van der Waals surface area contributed by atoms with Gasteiger partial charge in [-0.2, -0.15) is 0 Å². The highest BCUT2D eigenvalue weighted by Crippen LogP contribution is 2.47. The van der Waals surface area contributed by atoms with Crippen molar-refractivity contribution in [2.24, 2.45) is 0 Å². The van der Waals surface area contributed by atoms with E-state index in [-0.39, 0.29) is 31.8 Å². The van der Waals surface area contributed by atoms with Gasteiger partial charge in [-0.1, -0.05) is 6.07 Å². The molecule has 2 aromatic carbocycles. The molecule has 4 heterocycles. The molecule has 7 nitrogen and oxygen atoms in total. The molecule has 1 saturated heterocycles. The highest BCUT2D eigenvalue weighted by atomic mass is 16.7. The van der Waals surface area contributed by atoms with E-state index in [4.69, 9.17) is 23.7 Å². The molecule has 1 fully saturated rings. The molecule has 26 heavy (non-hydrogen) atoms. The summed E-state index contributed by atoms with van der Waals surface area (Å²) in [5.74, 6) is 2.88. The number of carbonyl (C=O) groups is 1. The molecule has 0 radical (unpaired) electrons. The van der Waals surface area contributed by atoms with Crippen molar-refractivity contribution < 1.29 is 28.5 Å². The van der Waals surface area contributed by atoms with Gasteiger partial charge in [0.2, 0.25) is 13.6 Å². The van der Waals surface area contributed by atoms with Gasteiger partial charge in [-0.15, -0.1) is 0 Å². The van der Waals surface area contributed by atoms with Gasteiger partial charge in [0.15, 0.2) is 23.0 Å².